The molecule has 0 bridgehead atoms. The van der Waals surface area contributed by atoms with Gasteiger partial charge in [0.1, 0.15) is 16.8 Å². The summed E-state index contributed by atoms with van der Waals surface area (Å²) in [6, 6.07) is 18.4. The number of halogens is 1. The molecule has 210 valence electrons. The van der Waals surface area contributed by atoms with E-state index in [1.807, 2.05) is 25.1 Å². The molecule has 1 saturated heterocycles. The highest BCUT2D eigenvalue weighted by Crippen LogP contribution is 2.32. The first-order valence-electron chi connectivity index (χ1n) is 13.0. The van der Waals surface area contributed by atoms with Crippen LogP contribution in [0.4, 0.5) is 15.8 Å². The Morgan fingerprint density at radius 3 is 2.45 bits per heavy atom. The summed E-state index contributed by atoms with van der Waals surface area (Å²) < 4.78 is 29.8. The van der Waals surface area contributed by atoms with E-state index in [1.54, 1.807) is 43.4 Å². The smallest absolute Gasteiger partial charge is 0.238 e. The molecule has 1 atom stereocenters. The Labute approximate surface area is 237 Å². The maximum absolute atomic E-state index is 13.5. The Kier molecular flexibility index (Phi) is 10.0. The number of methoxy groups -OCH3 is 2. The molecule has 2 amide bonds. The summed E-state index contributed by atoms with van der Waals surface area (Å²) in [7, 11) is 3.14. The van der Waals surface area contributed by atoms with Crippen LogP contribution in [-0.2, 0) is 16.0 Å². The van der Waals surface area contributed by atoms with Gasteiger partial charge in [0.2, 0.25) is 11.8 Å². The lowest BCUT2D eigenvalue weighted by molar-refractivity contribution is -0.129. The molecule has 40 heavy (non-hydrogen) atoms. The number of rotatable bonds is 11. The summed E-state index contributed by atoms with van der Waals surface area (Å²) in [6.07, 6.45) is 1.44. The number of hydrogen-bond donors (Lipinski definition) is 1. The highest BCUT2D eigenvalue weighted by Gasteiger charge is 2.36. The van der Waals surface area contributed by atoms with Crippen LogP contribution in [0, 0.1) is 5.82 Å². The summed E-state index contributed by atoms with van der Waals surface area (Å²) >= 11 is 1.21. The molecule has 1 aliphatic rings. The number of amides is 2. The van der Waals surface area contributed by atoms with E-state index in [1.165, 1.54) is 36.0 Å². The molecule has 0 radical (unpaired) electrons. The molecule has 1 aliphatic heterocycles. The monoisotopic (exact) mass is 565 g/mol. The number of anilines is 1. The molecule has 4 rings (SSSR count). The fourth-order valence-corrected chi connectivity index (χ4v) is 5.17. The number of nitrogens with one attached hydrogen (secondary N) is 1. The van der Waals surface area contributed by atoms with Crippen LogP contribution >= 0.6 is 11.8 Å². The van der Waals surface area contributed by atoms with E-state index in [0.29, 0.717) is 47.6 Å². The second-order valence-corrected chi connectivity index (χ2v) is 10.2. The van der Waals surface area contributed by atoms with Crippen molar-refractivity contribution < 1.29 is 28.2 Å². The Balaban J connectivity index is 1.50. The van der Waals surface area contributed by atoms with Gasteiger partial charge in [-0.1, -0.05) is 24.8 Å². The topological polar surface area (TPSA) is 89.5 Å². The molecule has 0 aliphatic carbocycles. The first-order valence-corrected chi connectivity index (χ1v) is 13.8. The molecule has 0 spiro atoms. The van der Waals surface area contributed by atoms with Crippen LogP contribution in [0.5, 0.6) is 17.2 Å². The van der Waals surface area contributed by atoms with Gasteiger partial charge in [-0.3, -0.25) is 14.5 Å². The maximum Gasteiger partial charge on any atom is 0.238 e. The minimum absolute atomic E-state index is 0.0164. The molecular formula is C30H32FN3O5S. The van der Waals surface area contributed by atoms with Crippen LogP contribution in [-0.4, -0.2) is 54.5 Å². The summed E-state index contributed by atoms with van der Waals surface area (Å²) in [4.78, 5) is 32.7. The van der Waals surface area contributed by atoms with Gasteiger partial charge in [-0.25, -0.2) is 9.38 Å². The van der Waals surface area contributed by atoms with Gasteiger partial charge in [-0.05, 0) is 79.1 Å². The normalized spacial score (nSPS) is 16.1. The van der Waals surface area contributed by atoms with Crippen LogP contribution < -0.4 is 19.5 Å². The second-order valence-electron chi connectivity index (χ2n) is 9.03. The van der Waals surface area contributed by atoms with E-state index in [4.69, 9.17) is 14.2 Å². The van der Waals surface area contributed by atoms with Gasteiger partial charge < -0.3 is 19.5 Å². The van der Waals surface area contributed by atoms with Crippen LogP contribution in [0.1, 0.15) is 25.3 Å². The second kappa shape index (κ2) is 13.8. The van der Waals surface area contributed by atoms with Crippen molar-refractivity contribution in [2.45, 2.75) is 31.4 Å². The van der Waals surface area contributed by atoms with Gasteiger partial charge in [-0.15, -0.1) is 0 Å². The summed E-state index contributed by atoms with van der Waals surface area (Å²) in [5.41, 5.74) is 2.04. The zero-order valence-electron chi connectivity index (χ0n) is 22.7. The number of carbonyl (C=O) groups is 2. The minimum Gasteiger partial charge on any atom is -0.494 e. The molecule has 1 heterocycles. The zero-order chi connectivity index (χ0) is 28.5. The predicted octanol–water partition coefficient (Wildman–Crippen LogP) is 5.83. The molecule has 1 unspecified atom stereocenters. The molecular weight excluding hydrogens is 533 g/mol. The molecule has 1 N–H and O–H groups in total. The molecule has 3 aromatic carbocycles. The summed E-state index contributed by atoms with van der Waals surface area (Å²) in [5, 5.41) is 2.59. The first-order chi connectivity index (χ1) is 19.4. The number of aliphatic imine (C=N–C) groups is 1. The number of carbonyl (C=O) groups excluding carboxylic acids is 2. The molecule has 0 saturated carbocycles. The molecule has 0 aromatic heterocycles. The maximum atomic E-state index is 13.5. The van der Waals surface area contributed by atoms with Crippen LogP contribution in [0.3, 0.4) is 0 Å². The van der Waals surface area contributed by atoms with Crippen molar-refractivity contribution in [1.29, 1.82) is 0 Å². The fraction of sp³-hybridized carbons (Fsp3) is 0.300. The third-order valence-electron chi connectivity index (χ3n) is 6.15. The molecule has 10 heteroatoms. The van der Waals surface area contributed by atoms with Gasteiger partial charge in [0, 0.05) is 18.7 Å². The number of nitrogens with zero attached hydrogens (tertiary/aromatic N) is 2. The third kappa shape index (κ3) is 7.53. The van der Waals surface area contributed by atoms with Gasteiger partial charge in [0.25, 0.3) is 0 Å². The number of thioether (sulfide) groups is 1. The number of ether oxygens (including phenoxy) is 3. The molecule has 3 aromatic rings. The Bertz CT molecular complexity index is 1350. The van der Waals surface area contributed by atoms with Crippen LogP contribution in [0.15, 0.2) is 71.7 Å². The molecule has 1 fully saturated rings. The van der Waals surface area contributed by atoms with Crippen molar-refractivity contribution in [3.63, 3.8) is 0 Å². The van der Waals surface area contributed by atoms with Crippen LogP contribution in [0.25, 0.3) is 0 Å². The largest absolute Gasteiger partial charge is 0.494 e. The van der Waals surface area contributed by atoms with Crippen molar-refractivity contribution in [2.24, 2.45) is 4.99 Å². The lowest BCUT2D eigenvalue weighted by atomic mass is 10.1. The Hall–Kier alpha value is -4.05. The number of amidine groups is 1. The van der Waals surface area contributed by atoms with E-state index < -0.39 is 5.25 Å². The highest BCUT2D eigenvalue weighted by molar-refractivity contribution is 8.15. The van der Waals surface area contributed by atoms with Crippen molar-refractivity contribution in [3.05, 3.63) is 78.1 Å². The van der Waals surface area contributed by atoms with E-state index in [2.05, 4.69) is 10.3 Å². The van der Waals surface area contributed by atoms with E-state index >= 15 is 0 Å². The van der Waals surface area contributed by atoms with E-state index in [0.717, 1.165) is 17.7 Å². The summed E-state index contributed by atoms with van der Waals surface area (Å²) in [5.74, 6) is 1.04. The zero-order valence-corrected chi connectivity index (χ0v) is 23.5. The Morgan fingerprint density at radius 2 is 1.77 bits per heavy atom. The van der Waals surface area contributed by atoms with Crippen LogP contribution in [0.2, 0.25) is 0 Å². The first kappa shape index (κ1) is 28.9. The SMILES string of the molecule is CCCOc1ccc(NC(=O)C2CC(=O)N(CCc3ccc(OC)c(OC)c3)C(=Nc3ccc(F)cc3)S2)cc1. The highest BCUT2D eigenvalue weighted by atomic mass is 32.2. The van der Waals surface area contributed by atoms with Gasteiger partial charge >= 0.3 is 0 Å². The van der Waals surface area contributed by atoms with Crippen molar-refractivity contribution in [2.75, 3.05) is 32.7 Å². The average molecular weight is 566 g/mol. The quantitative estimate of drug-likeness (QED) is 0.315. The predicted molar refractivity (Wildman–Crippen MR) is 155 cm³/mol. The van der Waals surface area contributed by atoms with Gasteiger partial charge in [-0.2, -0.15) is 0 Å². The minimum atomic E-state index is -0.681. The fourth-order valence-electron chi connectivity index (χ4n) is 4.04. The van der Waals surface area contributed by atoms with E-state index in [9.17, 15) is 14.0 Å². The number of benzene rings is 3. The lowest BCUT2D eigenvalue weighted by Crippen LogP contribution is -2.46. The van der Waals surface area contributed by atoms with E-state index in [-0.39, 0.29) is 24.1 Å². The Morgan fingerprint density at radius 1 is 1.05 bits per heavy atom. The van der Waals surface area contributed by atoms with Crippen molar-refractivity contribution in [1.82, 2.24) is 4.90 Å². The number of hydrogen-bond acceptors (Lipinski definition) is 7. The molecule has 8 nitrogen and oxygen atoms in total. The third-order valence-corrected chi connectivity index (χ3v) is 7.34. The van der Waals surface area contributed by atoms with Crippen molar-refractivity contribution >= 4 is 40.1 Å². The van der Waals surface area contributed by atoms with Crippen molar-refractivity contribution in [3.8, 4) is 17.2 Å². The lowest BCUT2D eigenvalue weighted by Gasteiger charge is -2.32. The summed E-state index contributed by atoms with van der Waals surface area (Å²) in [6.45, 7) is 2.99. The standard InChI is InChI=1S/C30H32FN3O5S/c1-4-17-39-24-12-10-22(11-13-24)32-29(36)27-19-28(35)34(30(40-27)33-23-8-6-21(31)7-9-23)16-15-20-5-14-25(37-2)26(18-20)38-3/h5-14,18,27H,4,15-17,19H2,1-3H3,(H,32,36). The average Bonchev–Trinajstić information content (AvgIpc) is 2.97. The van der Waals surface area contributed by atoms with Gasteiger partial charge in [0.05, 0.1) is 26.5 Å². The van der Waals surface area contributed by atoms with Gasteiger partial charge in [0.15, 0.2) is 16.7 Å².